The van der Waals surface area contributed by atoms with Crippen LogP contribution in [0, 0.1) is 0 Å². The number of benzene rings is 3. The van der Waals surface area contributed by atoms with Gasteiger partial charge in [0, 0.05) is 5.56 Å². The van der Waals surface area contributed by atoms with Crippen LogP contribution in [0.5, 0.6) is 5.75 Å². The molecule has 0 unspecified atom stereocenters. The molecule has 0 radical (unpaired) electrons. The molecule has 2 heterocycles. The zero-order chi connectivity index (χ0) is 27.5. The van der Waals surface area contributed by atoms with Gasteiger partial charge in [-0.15, -0.1) is 0 Å². The Kier molecular flexibility index (Phi) is 8.02. The van der Waals surface area contributed by atoms with Crippen molar-refractivity contribution in [1.29, 1.82) is 0 Å². The largest absolute Gasteiger partial charge is 0.494 e. The van der Waals surface area contributed by atoms with Crippen LogP contribution in [0.1, 0.15) is 36.6 Å². The zero-order valence-corrected chi connectivity index (χ0v) is 23.5. The van der Waals surface area contributed by atoms with Crippen molar-refractivity contribution in [3.05, 3.63) is 125 Å². The molecule has 0 spiro atoms. The Morgan fingerprint density at radius 1 is 1.00 bits per heavy atom. The van der Waals surface area contributed by atoms with E-state index in [1.54, 1.807) is 35.8 Å². The van der Waals surface area contributed by atoms with Crippen molar-refractivity contribution in [1.82, 2.24) is 4.57 Å². The number of thiazole rings is 1. The lowest BCUT2D eigenvalue weighted by atomic mass is 9.93. The highest BCUT2D eigenvalue weighted by molar-refractivity contribution is 7.07. The lowest BCUT2D eigenvalue weighted by molar-refractivity contribution is -0.138. The second kappa shape index (κ2) is 11.6. The van der Waals surface area contributed by atoms with Gasteiger partial charge in [-0.1, -0.05) is 89.1 Å². The quantitative estimate of drug-likeness (QED) is 0.266. The minimum atomic E-state index is -0.775. The van der Waals surface area contributed by atoms with Gasteiger partial charge in [-0.05, 0) is 49.2 Å². The summed E-state index contributed by atoms with van der Waals surface area (Å²) in [7, 11) is 0. The van der Waals surface area contributed by atoms with Gasteiger partial charge in [0.05, 0.1) is 45.1 Å². The van der Waals surface area contributed by atoms with E-state index >= 15 is 0 Å². The molecule has 1 aliphatic heterocycles. The summed E-state index contributed by atoms with van der Waals surface area (Å²) in [5, 5.41) is 0.742. The molecular formula is C30H24Cl2N2O4S. The van der Waals surface area contributed by atoms with E-state index in [4.69, 9.17) is 37.7 Å². The highest BCUT2D eigenvalue weighted by Gasteiger charge is 2.35. The monoisotopic (exact) mass is 578 g/mol. The van der Waals surface area contributed by atoms with Crippen LogP contribution < -0.4 is 19.6 Å². The smallest absolute Gasteiger partial charge is 0.338 e. The number of carbonyl (C=O) groups is 1. The van der Waals surface area contributed by atoms with Crippen molar-refractivity contribution >= 4 is 52.3 Å². The molecule has 9 heteroatoms. The maximum atomic E-state index is 13.9. The number of esters is 1. The van der Waals surface area contributed by atoms with Crippen LogP contribution >= 0.6 is 34.5 Å². The predicted octanol–water partition coefficient (Wildman–Crippen LogP) is 5.64. The first-order chi connectivity index (χ1) is 18.9. The average Bonchev–Trinajstić information content (AvgIpc) is 3.26. The third kappa shape index (κ3) is 5.30. The van der Waals surface area contributed by atoms with Crippen LogP contribution in [0.15, 0.2) is 88.2 Å². The Hall–Kier alpha value is -3.65. The van der Waals surface area contributed by atoms with E-state index in [1.165, 1.54) is 11.3 Å². The van der Waals surface area contributed by atoms with E-state index in [9.17, 15) is 9.59 Å². The fraction of sp³-hybridized carbons (Fsp3) is 0.167. The summed E-state index contributed by atoms with van der Waals surface area (Å²) in [6.07, 6.45) is 1.70. The summed E-state index contributed by atoms with van der Waals surface area (Å²) in [5.41, 5.74) is 2.52. The van der Waals surface area contributed by atoms with Gasteiger partial charge in [-0.25, -0.2) is 9.79 Å². The van der Waals surface area contributed by atoms with E-state index < -0.39 is 12.0 Å². The summed E-state index contributed by atoms with van der Waals surface area (Å²) in [4.78, 5) is 32.8. The number of ether oxygens (including phenoxy) is 2. The number of aromatic nitrogens is 1. The maximum Gasteiger partial charge on any atom is 0.338 e. The molecular weight excluding hydrogens is 555 g/mol. The van der Waals surface area contributed by atoms with E-state index in [-0.39, 0.29) is 17.7 Å². The second-order valence-electron chi connectivity index (χ2n) is 8.58. The fourth-order valence-electron chi connectivity index (χ4n) is 4.44. The molecule has 0 N–H and O–H groups in total. The van der Waals surface area contributed by atoms with Crippen LogP contribution in [0.2, 0.25) is 10.0 Å². The highest BCUT2D eigenvalue weighted by atomic mass is 35.5. The molecule has 1 aliphatic rings. The second-order valence-corrected chi connectivity index (χ2v) is 10.4. The minimum Gasteiger partial charge on any atom is -0.494 e. The molecule has 6 nitrogen and oxygen atoms in total. The first kappa shape index (κ1) is 26.9. The summed E-state index contributed by atoms with van der Waals surface area (Å²) in [6.45, 7) is 4.35. The van der Waals surface area contributed by atoms with E-state index in [1.807, 2.05) is 61.5 Å². The van der Waals surface area contributed by atoms with Gasteiger partial charge in [0.1, 0.15) is 5.75 Å². The number of carbonyl (C=O) groups excluding carboxylic acids is 1. The van der Waals surface area contributed by atoms with Crippen LogP contribution in [0.3, 0.4) is 0 Å². The summed E-state index contributed by atoms with van der Waals surface area (Å²) >= 11 is 13.9. The van der Waals surface area contributed by atoms with Gasteiger partial charge in [0.15, 0.2) is 4.80 Å². The summed E-state index contributed by atoms with van der Waals surface area (Å²) in [5.74, 6) is 0.153. The van der Waals surface area contributed by atoms with Crippen molar-refractivity contribution in [2.24, 2.45) is 4.99 Å². The average molecular weight is 580 g/mol. The van der Waals surface area contributed by atoms with Crippen LogP contribution in [-0.4, -0.2) is 23.8 Å². The zero-order valence-electron chi connectivity index (χ0n) is 21.2. The third-order valence-electron chi connectivity index (χ3n) is 6.15. The Morgan fingerprint density at radius 3 is 2.44 bits per heavy atom. The van der Waals surface area contributed by atoms with E-state index in [2.05, 4.69) is 0 Å². The van der Waals surface area contributed by atoms with Crippen molar-refractivity contribution < 1.29 is 14.3 Å². The molecule has 1 atom stereocenters. The Labute approximate surface area is 239 Å². The Bertz CT molecular complexity index is 1740. The van der Waals surface area contributed by atoms with Crippen LogP contribution in [-0.2, 0) is 9.53 Å². The molecule has 0 bridgehead atoms. The summed E-state index contributed by atoms with van der Waals surface area (Å²) in [6, 6.07) is 21.2. The number of hydrogen-bond acceptors (Lipinski definition) is 6. The standard InChI is InChI=1S/C30H24Cl2N2O4S/c1-3-37-21-15-13-19(14-16-21)27-24(29(36)38-4-2)26(18-9-6-5-7-10-18)33-30-34(27)28(35)23(39-30)17-20-11-8-12-22(31)25(20)32/h5-17,27H,3-4H2,1-2H3/b23-17-/t27-/m1/s1. The van der Waals surface area contributed by atoms with Crippen molar-refractivity contribution in [3.63, 3.8) is 0 Å². The molecule has 0 saturated carbocycles. The molecule has 0 aliphatic carbocycles. The number of nitrogens with zero attached hydrogens (tertiary/aromatic N) is 2. The highest BCUT2D eigenvalue weighted by Crippen LogP contribution is 2.35. The van der Waals surface area contributed by atoms with E-state index in [0.717, 1.165) is 11.1 Å². The lowest BCUT2D eigenvalue weighted by Gasteiger charge is -2.26. The van der Waals surface area contributed by atoms with Gasteiger partial charge in [0.25, 0.3) is 5.56 Å². The fourth-order valence-corrected chi connectivity index (χ4v) is 5.80. The number of rotatable bonds is 7. The normalized spacial score (nSPS) is 15.1. The molecule has 0 fully saturated rings. The number of fused-ring (bicyclic) bond motifs is 1. The lowest BCUT2D eigenvalue weighted by Crippen LogP contribution is -2.40. The van der Waals surface area contributed by atoms with Crippen molar-refractivity contribution in [2.45, 2.75) is 19.9 Å². The maximum absolute atomic E-state index is 13.9. The number of hydrogen-bond donors (Lipinski definition) is 0. The van der Waals surface area contributed by atoms with E-state index in [0.29, 0.717) is 43.0 Å². The molecule has 3 aromatic carbocycles. The van der Waals surface area contributed by atoms with Gasteiger partial charge in [-0.2, -0.15) is 0 Å². The Balaban J connectivity index is 1.81. The minimum absolute atomic E-state index is 0.179. The van der Waals surface area contributed by atoms with Crippen LogP contribution in [0.25, 0.3) is 11.8 Å². The molecule has 0 saturated heterocycles. The van der Waals surface area contributed by atoms with Crippen molar-refractivity contribution in [3.8, 4) is 5.75 Å². The molecule has 1 aromatic heterocycles. The van der Waals surface area contributed by atoms with Gasteiger partial charge >= 0.3 is 5.97 Å². The Morgan fingerprint density at radius 2 is 1.74 bits per heavy atom. The predicted molar refractivity (Wildman–Crippen MR) is 155 cm³/mol. The van der Waals surface area contributed by atoms with Gasteiger partial charge < -0.3 is 9.47 Å². The first-order valence-electron chi connectivity index (χ1n) is 12.4. The summed E-state index contributed by atoms with van der Waals surface area (Å²) < 4.78 is 13.1. The molecule has 198 valence electrons. The van der Waals surface area contributed by atoms with Crippen LogP contribution in [0.4, 0.5) is 0 Å². The molecule has 4 aromatic rings. The van der Waals surface area contributed by atoms with Gasteiger partial charge in [-0.3, -0.25) is 9.36 Å². The third-order valence-corrected chi connectivity index (χ3v) is 7.97. The van der Waals surface area contributed by atoms with Gasteiger partial charge in [0.2, 0.25) is 0 Å². The molecule has 0 amide bonds. The SMILES string of the molecule is CCOC(=O)C1=C(c2ccccc2)N=c2s/c(=C\c3cccc(Cl)c3Cl)c(=O)n2[C@@H]1c1ccc(OCC)cc1. The topological polar surface area (TPSA) is 69.9 Å². The first-order valence-corrected chi connectivity index (χ1v) is 14.0. The number of halogens is 2. The molecule has 39 heavy (non-hydrogen) atoms. The molecule has 5 rings (SSSR count). The van der Waals surface area contributed by atoms with Crippen molar-refractivity contribution in [2.75, 3.05) is 13.2 Å².